The average Bonchev–Trinajstić information content (AvgIpc) is 2.73. The highest BCUT2D eigenvalue weighted by molar-refractivity contribution is 7.94. The van der Waals surface area contributed by atoms with E-state index in [1.807, 2.05) is 91.0 Å². The maximum absolute atomic E-state index is 12.8. The van der Waals surface area contributed by atoms with E-state index in [4.69, 9.17) is 4.31 Å². The van der Waals surface area contributed by atoms with Crippen molar-refractivity contribution in [3.63, 3.8) is 0 Å². The molecule has 7 heteroatoms. The van der Waals surface area contributed by atoms with E-state index >= 15 is 0 Å². The van der Waals surface area contributed by atoms with Crippen molar-refractivity contribution in [1.29, 1.82) is 0 Å². The molecule has 3 aromatic rings. The van der Waals surface area contributed by atoms with Crippen molar-refractivity contribution in [2.45, 2.75) is 6.92 Å². The van der Waals surface area contributed by atoms with E-state index in [1.165, 1.54) is 6.92 Å². The van der Waals surface area contributed by atoms with Crippen LogP contribution in [0.1, 0.15) is 6.92 Å². The summed E-state index contributed by atoms with van der Waals surface area (Å²) in [5, 5.41) is 2.04. The van der Waals surface area contributed by atoms with Crippen molar-refractivity contribution < 1.29 is 23.1 Å². The zero-order valence-electron chi connectivity index (χ0n) is 15.8. The van der Waals surface area contributed by atoms with Gasteiger partial charge in [-0.05, 0) is 43.3 Å². The second-order valence-electron chi connectivity index (χ2n) is 6.30. The number of hydrogen-bond donors (Lipinski definition) is 0. The lowest BCUT2D eigenvalue weighted by Crippen LogP contribution is -2.33. The van der Waals surface area contributed by atoms with E-state index in [9.17, 15) is 14.3 Å². The van der Waals surface area contributed by atoms with Gasteiger partial charge < -0.3 is 9.42 Å². The van der Waals surface area contributed by atoms with Gasteiger partial charge in [0.05, 0.1) is 0 Å². The molecule has 0 amide bonds. The molecule has 0 N–H and O–H groups in total. The molecule has 0 saturated heterocycles. The molecule has 3 aromatic carbocycles. The number of carbonyl (C=O) groups excluding carboxylic acids is 1. The zero-order chi connectivity index (χ0) is 20.9. The summed E-state index contributed by atoms with van der Waals surface area (Å²) in [5.74, 6) is -1.05. The third-order valence-corrected chi connectivity index (χ3v) is 9.37. The Kier molecular flexibility index (Phi) is 6.46. The lowest BCUT2D eigenvalue weighted by molar-refractivity contribution is -0.215. The van der Waals surface area contributed by atoms with Crippen LogP contribution in [-0.2, 0) is 18.2 Å². The largest absolute Gasteiger partial charge is 0.744 e. The lowest BCUT2D eigenvalue weighted by Gasteiger charge is -2.30. The van der Waals surface area contributed by atoms with Gasteiger partial charge in [0.15, 0.2) is 0 Å². The number of hydrogen-bond acceptors (Lipinski definition) is 5. The van der Waals surface area contributed by atoms with Gasteiger partial charge in [-0.2, -0.15) is 0 Å². The number of phosphoric ester groups is 1. The van der Waals surface area contributed by atoms with Crippen molar-refractivity contribution >= 4 is 37.2 Å². The molecule has 3 rings (SSSR count). The van der Waals surface area contributed by atoms with Gasteiger partial charge in [-0.1, -0.05) is 61.2 Å². The third-order valence-electron chi connectivity index (χ3n) is 4.13. The summed E-state index contributed by atoms with van der Waals surface area (Å²) in [7, 11) is -8.18. The predicted molar refractivity (Wildman–Crippen MR) is 115 cm³/mol. The van der Waals surface area contributed by atoms with Crippen LogP contribution in [-0.4, -0.2) is 5.97 Å². The molecule has 1 atom stereocenters. The van der Waals surface area contributed by atoms with E-state index in [-0.39, 0.29) is 5.57 Å². The fourth-order valence-electron chi connectivity index (χ4n) is 2.85. The molecule has 0 heterocycles. The maximum Gasteiger partial charge on any atom is 0.359 e. The Labute approximate surface area is 170 Å². The standard InChI is InChI=1S/C22H20O5P2/c1-18(2)22(23)26-29(24,25)27-28(19-12-6-3-7-13-19,20-14-8-4-9-15-20)21-16-10-5-11-17-21/h3-17H,1H2,2H3. The van der Waals surface area contributed by atoms with E-state index in [0.29, 0.717) is 15.9 Å². The van der Waals surface area contributed by atoms with Crippen LogP contribution < -0.4 is 20.8 Å². The Hall–Kier alpha value is -2.55. The smallest absolute Gasteiger partial charge is 0.359 e. The fraction of sp³-hybridized carbons (Fsp3) is 0.0455. The van der Waals surface area contributed by atoms with Gasteiger partial charge in [-0.25, -0.2) is 4.79 Å². The van der Waals surface area contributed by atoms with Gasteiger partial charge in [0.1, 0.15) is 15.9 Å². The Morgan fingerprint density at radius 3 is 1.48 bits per heavy atom. The first kappa shape index (κ1) is 21.2. The molecule has 29 heavy (non-hydrogen) atoms. The van der Waals surface area contributed by atoms with Crippen molar-refractivity contribution in [2.75, 3.05) is 0 Å². The molecule has 0 bridgehead atoms. The van der Waals surface area contributed by atoms with Crippen LogP contribution in [0.3, 0.4) is 0 Å². The molecule has 0 saturated carbocycles. The highest BCUT2D eigenvalue weighted by Gasteiger charge is 2.52. The van der Waals surface area contributed by atoms with E-state index < -0.39 is 21.3 Å². The first-order chi connectivity index (χ1) is 13.8. The summed E-state index contributed by atoms with van der Waals surface area (Å²) in [5.41, 5.74) is -0.0345. The first-order valence-electron chi connectivity index (χ1n) is 8.83. The highest BCUT2D eigenvalue weighted by Crippen LogP contribution is 2.66. The highest BCUT2D eigenvalue weighted by atomic mass is 31.3. The molecule has 0 aromatic heterocycles. The number of benzene rings is 3. The fourth-order valence-corrected chi connectivity index (χ4v) is 8.34. The van der Waals surface area contributed by atoms with Crippen LogP contribution in [0.15, 0.2) is 103 Å². The van der Waals surface area contributed by atoms with Gasteiger partial charge in [0, 0.05) is 5.57 Å². The lowest BCUT2D eigenvalue weighted by atomic mass is 10.4. The Bertz CT molecular complexity index is 940. The van der Waals surface area contributed by atoms with Crippen LogP contribution in [0.25, 0.3) is 0 Å². The average molecular weight is 426 g/mol. The van der Waals surface area contributed by atoms with Crippen molar-refractivity contribution in [2.24, 2.45) is 0 Å². The second-order valence-corrected chi connectivity index (χ2v) is 10.8. The van der Waals surface area contributed by atoms with Gasteiger partial charge in [0.25, 0.3) is 7.49 Å². The number of carbonyl (C=O) groups is 1. The molecule has 0 aliphatic heterocycles. The summed E-state index contributed by atoms with van der Waals surface area (Å²) < 4.78 is 23.3. The molecule has 0 spiro atoms. The summed E-state index contributed by atoms with van der Waals surface area (Å²) >= 11 is 0. The summed E-state index contributed by atoms with van der Waals surface area (Å²) in [6, 6.07) is 27.3. The molecular formula is C22H20O5P2. The monoisotopic (exact) mass is 426 g/mol. The number of rotatable bonds is 7. The normalized spacial score (nSPS) is 13.3. The van der Waals surface area contributed by atoms with Gasteiger partial charge >= 0.3 is 13.8 Å². The van der Waals surface area contributed by atoms with Crippen LogP contribution in [0.4, 0.5) is 0 Å². The van der Waals surface area contributed by atoms with Gasteiger partial charge in [-0.3, -0.25) is 4.57 Å². The van der Waals surface area contributed by atoms with Crippen LogP contribution in [0.5, 0.6) is 0 Å². The molecule has 148 valence electrons. The van der Waals surface area contributed by atoms with Crippen molar-refractivity contribution in [3.8, 4) is 0 Å². The molecule has 0 fully saturated rings. The van der Waals surface area contributed by atoms with Gasteiger partial charge in [-0.15, -0.1) is 4.31 Å². The van der Waals surface area contributed by atoms with Crippen molar-refractivity contribution in [1.82, 2.24) is 0 Å². The minimum absolute atomic E-state index is 0.0345. The van der Waals surface area contributed by atoms with E-state index in [2.05, 4.69) is 11.1 Å². The van der Waals surface area contributed by atoms with Crippen molar-refractivity contribution in [3.05, 3.63) is 103 Å². The molecule has 0 aliphatic carbocycles. The minimum Gasteiger partial charge on any atom is -0.744 e. The van der Waals surface area contributed by atoms with Gasteiger partial charge in [0.2, 0.25) is 0 Å². The molecule has 1 unspecified atom stereocenters. The summed E-state index contributed by atoms with van der Waals surface area (Å²) in [6.07, 6.45) is 0. The Morgan fingerprint density at radius 2 is 1.17 bits per heavy atom. The molecule has 0 radical (unpaired) electrons. The summed E-state index contributed by atoms with van der Waals surface area (Å²) in [6.45, 7) is 4.80. The third kappa shape index (κ3) is 4.72. The topological polar surface area (TPSA) is 75.7 Å². The number of phosphoric acid groups is 1. The predicted octanol–water partition coefficient (Wildman–Crippen LogP) is 3.50. The zero-order valence-corrected chi connectivity index (χ0v) is 17.6. The van der Waals surface area contributed by atoms with Crippen LogP contribution in [0, 0.1) is 0 Å². The quantitative estimate of drug-likeness (QED) is 0.427. The Balaban J connectivity index is 2.24. The van der Waals surface area contributed by atoms with Crippen LogP contribution in [0.2, 0.25) is 0 Å². The van der Waals surface area contributed by atoms with E-state index in [1.54, 1.807) is 0 Å². The first-order valence-corrected chi connectivity index (χ1v) is 12.0. The molecule has 5 nitrogen and oxygen atoms in total. The SMILES string of the molecule is C=C(C)C(=O)OP(=O)([O-])O[P+](c1ccccc1)(c1ccccc1)c1ccccc1. The second kappa shape index (κ2) is 8.86. The van der Waals surface area contributed by atoms with Crippen LogP contribution >= 0.6 is 15.3 Å². The maximum atomic E-state index is 12.8. The Morgan fingerprint density at radius 1 is 0.828 bits per heavy atom. The summed E-state index contributed by atoms with van der Waals surface area (Å²) in [4.78, 5) is 24.7. The molecule has 0 aliphatic rings. The van der Waals surface area contributed by atoms with E-state index in [0.717, 1.165) is 0 Å². The molecular weight excluding hydrogens is 406 g/mol. The minimum atomic E-state index is -5.03.